The number of nitrogens with one attached hydrogen (secondary N) is 2. The molecule has 0 aliphatic heterocycles. The van der Waals surface area contributed by atoms with E-state index in [-0.39, 0.29) is 24.2 Å². The summed E-state index contributed by atoms with van der Waals surface area (Å²) < 4.78 is 47.1. The Kier molecular flexibility index (Phi) is 6.92. The van der Waals surface area contributed by atoms with Crippen LogP contribution < -0.4 is 20.1 Å². The van der Waals surface area contributed by atoms with E-state index in [1.165, 1.54) is 6.07 Å². The predicted molar refractivity (Wildman–Crippen MR) is 96.0 cm³/mol. The van der Waals surface area contributed by atoms with Crippen molar-refractivity contribution in [1.29, 1.82) is 0 Å². The number of hydrogen-bond donors (Lipinski definition) is 2. The summed E-state index contributed by atoms with van der Waals surface area (Å²) in [6.07, 6.45) is -4.44. The van der Waals surface area contributed by atoms with Crippen molar-refractivity contribution in [2.24, 2.45) is 0 Å². The molecular weight excluding hydrogens is 361 g/mol. The number of halogens is 3. The van der Waals surface area contributed by atoms with E-state index in [9.17, 15) is 18.0 Å². The summed E-state index contributed by atoms with van der Waals surface area (Å²) >= 11 is 0. The minimum atomic E-state index is -4.44. The van der Waals surface area contributed by atoms with E-state index < -0.39 is 12.8 Å². The van der Waals surface area contributed by atoms with Gasteiger partial charge < -0.3 is 20.1 Å². The van der Waals surface area contributed by atoms with Gasteiger partial charge in [0.15, 0.2) is 6.61 Å². The van der Waals surface area contributed by atoms with E-state index in [2.05, 4.69) is 10.6 Å². The summed E-state index contributed by atoms with van der Waals surface area (Å²) in [4.78, 5) is 12.2. The SMILES string of the molecule is COc1ccccc1C(C)NC(=O)CNc1ccccc1OCC(F)(F)F. The van der Waals surface area contributed by atoms with E-state index in [4.69, 9.17) is 9.47 Å². The first-order valence-electron chi connectivity index (χ1n) is 8.25. The van der Waals surface area contributed by atoms with Crippen molar-refractivity contribution in [3.05, 3.63) is 54.1 Å². The van der Waals surface area contributed by atoms with Crippen molar-refractivity contribution in [2.75, 3.05) is 25.6 Å². The van der Waals surface area contributed by atoms with Gasteiger partial charge in [-0.1, -0.05) is 30.3 Å². The van der Waals surface area contributed by atoms with Gasteiger partial charge in [-0.05, 0) is 25.1 Å². The second-order valence-electron chi connectivity index (χ2n) is 5.78. The van der Waals surface area contributed by atoms with Gasteiger partial charge in [0.1, 0.15) is 11.5 Å². The molecule has 0 aliphatic rings. The highest BCUT2D eigenvalue weighted by Gasteiger charge is 2.28. The number of para-hydroxylation sites is 3. The number of rotatable bonds is 8. The molecule has 0 fully saturated rings. The number of alkyl halides is 3. The molecule has 146 valence electrons. The van der Waals surface area contributed by atoms with Gasteiger partial charge in [0.25, 0.3) is 0 Å². The Morgan fingerprint density at radius 1 is 1.07 bits per heavy atom. The molecule has 8 heteroatoms. The third-order valence-corrected chi connectivity index (χ3v) is 3.70. The summed E-state index contributed by atoms with van der Waals surface area (Å²) in [5, 5.41) is 5.61. The van der Waals surface area contributed by atoms with Crippen molar-refractivity contribution in [3.8, 4) is 11.5 Å². The molecule has 1 amide bonds. The lowest BCUT2D eigenvalue weighted by molar-refractivity contribution is -0.153. The van der Waals surface area contributed by atoms with E-state index in [1.807, 2.05) is 25.1 Å². The van der Waals surface area contributed by atoms with Crippen LogP contribution in [0, 0.1) is 0 Å². The average Bonchev–Trinajstić information content (AvgIpc) is 2.64. The second-order valence-corrected chi connectivity index (χ2v) is 5.78. The highest BCUT2D eigenvalue weighted by Crippen LogP contribution is 2.26. The summed E-state index contributed by atoms with van der Waals surface area (Å²) in [5.41, 5.74) is 1.13. The van der Waals surface area contributed by atoms with Crippen LogP contribution >= 0.6 is 0 Å². The number of hydrogen-bond acceptors (Lipinski definition) is 4. The first-order chi connectivity index (χ1) is 12.8. The van der Waals surface area contributed by atoms with Gasteiger partial charge in [-0.25, -0.2) is 0 Å². The van der Waals surface area contributed by atoms with Crippen LogP contribution in [0.5, 0.6) is 11.5 Å². The first-order valence-corrected chi connectivity index (χ1v) is 8.25. The lowest BCUT2D eigenvalue weighted by atomic mass is 10.1. The fourth-order valence-electron chi connectivity index (χ4n) is 2.47. The summed E-state index contributed by atoms with van der Waals surface area (Å²) in [7, 11) is 1.55. The lowest BCUT2D eigenvalue weighted by Gasteiger charge is -2.18. The molecule has 0 aliphatic carbocycles. The summed E-state index contributed by atoms with van der Waals surface area (Å²) in [6, 6.07) is 13.2. The Morgan fingerprint density at radius 2 is 1.70 bits per heavy atom. The molecule has 0 radical (unpaired) electrons. The molecule has 0 saturated carbocycles. The zero-order valence-electron chi connectivity index (χ0n) is 15.0. The van der Waals surface area contributed by atoms with Crippen molar-refractivity contribution < 1.29 is 27.4 Å². The summed E-state index contributed by atoms with van der Waals surface area (Å²) in [5.74, 6) is 0.364. The molecular formula is C19H21F3N2O3. The molecule has 1 atom stereocenters. The van der Waals surface area contributed by atoms with Gasteiger partial charge >= 0.3 is 6.18 Å². The Hall–Kier alpha value is -2.90. The smallest absolute Gasteiger partial charge is 0.422 e. The fourth-order valence-corrected chi connectivity index (χ4v) is 2.47. The molecule has 0 spiro atoms. The average molecular weight is 382 g/mol. The monoisotopic (exact) mass is 382 g/mol. The van der Waals surface area contributed by atoms with Gasteiger partial charge in [-0.15, -0.1) is 0 Å². The largest absolute Gasteiger partial charge is 0.496 e. The van der Waals surface area contributed by atoms with Crippen molar-refractivity contribution in [2.45, 2.75) is 19.1 Å². The molecule has 2 aromatic rings. The number of carbonyl (C=O) groups excluding carboxylic acids is 1. The third kappa shape index (κ3) is 6.40. The molecule has 2 N–H and O–H groups in total. The molecule has 1 unspecified atom stereocenters. The van der Waals surface area contributed by atoms with Gasteiger partial charge in [-0.2, -0.15) is 13.2 Å². The molecule has 0 heterocycles. The van der Waals surface area contributed by atoms with Crippen LogP contribution in [0.3, 0.4) is 0 Å². The maximum atomic E-state index is 12.3. The third-order valence-electron chi connectivity index (χ3n) is 3.70. The Morgan fingerprint density at radius 3 is 2.37 bits per heavy atom. The maximum Gasteiger partial charge on any atom is 0.422 e. The van der Waals surface area contributed by atoms with E-state index >= 15 is 0 Å². The molecule has 27 heavy (non-hydrogen) atoms. The number of anilines is 1. The van der Waals surface area contributed by atoms with Crippen molar-refractivity contribution in [3.63, 3.8) is 0 Å². The Bertz CT molecular complexity index is 766. The van der Waals surface area contributed by atoms with Gasteiger partial charge in [0.05, 0.1) is 25.4 Å². The number of methoxy groups -OCH3 is 1. The predicted octanol–water partition coefficient (Wildman–Crippen LogP) is 3.93. The van der Waals surface area contributed by atoms with Crippen molar-refractivity contribution >= 4 is 11.6 Å². The van der Waals surface area contributed by atoms with Crippen LogP contribution in [0.2, 0.25) is 0 Å². The highest BCUT2D eigenvalue weighted by atomic mass is 19.4. The maximum absolute atomic E-state index is 12.3. The lowest BCUT2D eigenvalue weighted by Crippen LogP contribution is -2.32. The van der Waals surface area contributed by atoms with Crippen LogP contribution in [-0.2, 0) is 4.79 Å². The Balaban J connectivity index is 1.94. The molecule has 5 nitrogen and oxygen atoms in total. The van der Waals surface area contributed by atoms with Gasteiger partial charge in [0, 0.05) is 5.56 Å². The zero-order chi connectivity index (χ0) is 19.9. The van der Waals surface area contributed by atoms with Crippen LogP contribution in [-0.4, -0.2) is 32.3 Å². The van der Waals surface area contributed by atoms with Gasteiger partial charge in [-0.3, -0.25) is 4.79 Å². The van der Waals surface area contributed by atoms with E-state index in [1.54, 1.807) is 31.4 Å². The van der Waals surface area contributed by atoms with Gasteiger partial charge in [0.2, 0.25) is 5.91 Å². The Labute approximate surface area is 155 Å². The normalized spacial score (nSPS) is 12.2. The molecule has 2 aromatic carbocycles. The number of ether oxygens (including phenoxy) is 2. The number of carbonyl (C=O) groups is 1. The first kappa shape index (κ1) is 20.4. The van der Waals surface area contributed by atoms with Crippen molar-refractivity contribution in [1.82, 2.24) is 5.32 Å². The number of amides is 1. The molecule has 0 aromatic heterocycles. The van der Waals surface area contributed by atoms with E-state index in [0.29, 0.717) is 11.4 Å². The van der Waals surface area contributed by atoms with Crippen LogP contribution in [0.25, 0.3) is 0 Å². The van der Waals surface area contributed by atoms with E-state index in [0.717, 1.165) is 5.56 Å². The molecule has 2 rings (SSSR count). The van der Waals surface area contributed by atoms with Crippen LogP contribution in [0.1, 0.15) is 18.5 Å². The highest BCUT2D eigenvalue weighted by molar-refractivity contribution is 5.81. The zero-order valence-corrected chi connectivity index (χ0v) is 15.0. The minimum Gasteiger partial charge on any atom is -0.496 e. The van der Waals surface area contributed by atoms with Crippen LogP contribution in [0.15, 0.2) is 48.5 Å². The summed E-state index contributed by atoms with van der Waals surface area (Å²) in [6.45, 7) is 0.296. The standard InChI is InChI=1S/C19H21F3N2O3/c1-13(14-7-3-5-9-16(14)26-2)24-18(25)11-23-15-8-4-6-10-17(15)27-12-19(20,21)22/h3-10,13,23H,11-12H2,1-2H3,(H,24,25). The van der Waals surface area contributed by atoms with Crippen LogP contribution in [0.4, 0.5) is 18.9 Å². The fraction of sp³-hybridized carbons (Fsp3) is 0.316. The topological polar surface area (TPSA) is 59.6 Å². The molecule has 0 bridgehead atoms. The molecule has 0 saturated heterocycles. The number of benzene rings is 2. The minimum absolute atomic E-state index is 0.0282. The quantitative estimate of drug-likeness (QED) is 0.726. The second kappa shape index (κ2) is 9.16.